The highest BCUT2D eigenvalue weighted by Crippen LogP contribution is 2.31. The van der Waals surface area contributed by atoms with Crippen LogP contribution in [0.4, 0.5) is 11.6 Å². The maximum Gasteiger partial charge on any atom is 0.180 e. The summed E-state index contributed by atoms with van der Waals surface area (Å²) >= 11 is 0. The zero-order valence-electron chi connectivity index (χ0n) is 12.0. The number of nitrogens with zero attached hydrogens (tertiary/aromatic N) is 4. The van der Waals surface area contributed by atoms with Crippen LogP contribution in [0.2, 0.25) is 0 Å². The third kappa shape index (κ3) is 2.10. The molecule has 0 spiro atoms. The molecule has 2 aromatic rings. The van der Waals surface area contributed by atoms with Crippen LogP contribution in [-0.2, 0) is 0 Å². The molecule has 0 saturated carbocycles. The van der Waals surface area contributed by atoms with Gasteiger partial charge in [0, 0.05) is 25.5 Å². The molecule has 6 heteroatoms. The zero-order valence-corrected chi connectivity index (χ0v) is 12.0. The molecule has 6 nitrogen and oxygen atoms in total. The molecule has 1 saturated heterocycles. The quantitative estimate of drug-likeness (QED) is 0.882. The molecule has 0 radical (unpaired) electrons. The summed E-state index contributed by atoms with van der Waals surface area (Å²) < 4.78 is 1.98. The van der Waals surface area contributed by atoms with Crippen molar-refractivity contribution in [2.24, 2.45) is 5.92 Å². The van der Waals surface area contributed by atoms with E-state index in [9.17, 15) is 5.11 Å². The average Bonchev–Trinajstić information content (AvgIpc) is 3.04. The number of aromatic nitrogens is 3. The lowest BCUT2D eigenvalue weighted by Crippen LogP contribution is -2.36. The van der Waals surface area contributed by atoms with E-state index in [1.165, 1.54) is 0 Å². The number of hydrogen-bond acceptors (Lipinski definition) is 5. The molecule has 0 aromatic carbocycles. The van der Waals surface area contributed by atoms with Gasteiger partial charge in [-0.25, -0.2) is 9.97 Å². The van der Waals surface area contributed by atoms with E-state index in [0.29, 0.717) is 5.92 Å². The molecule has 1 fully saturated rings. The first-order valence-corrected chi connectivity index (χ1v) is 7.19. The molecule has 0 aliphatic carbocycles. The van der Waals surface area contributed by atoms with Gasteiger partial charge in [0.2, 0.25) is 0 Å². The lowest BCUT2D eigenvalue weighted by molar-refractivity contribution is 0.244. The van der Waals surface area contributed by atoms with Crippen LogP contribution in [0.15, 0.2) is 18.6 Å². The highest BCUT2D eigenvalue weighted by molar-refractivity contribution is 5.67. The summed E-state index contributed by atoms with van der Waals surface area (Å²) in [4.78, 5) is 11.3. The first-order chi connectivity index (χ1) is 9.74. The molecule has 108 valence electrons. The van der Waals surface area contributed by atoms with Crippen LogP contribution >= 0.6 is 0 Å². The Morgan fingerprint density at radius 3 is 3.10 bits per heavy atom. The monoisotopic (exact) mass is 275 g/mol. The summed E-state index contributed by atoms with van der Waals surface area (Å²) in [6.45, 7) is 6.12. The number of aliphatic hydroxyl groups is 1. The van der Waals surface area contributed by atoms with Gasteiger partial charge in [-0.3, -0.25) is 0 Å². The Balaban J connectivity index is 2.07. The maximum atomic E-state index is 9.65. The fraction of sp³-hybridized carbons (Fsp3) is 0.571. The first kappa shape index (κ1) is 13.2. The molecule has 0 amide bonds. The zero-order chi connectivity index (χ0) is 14.1. The van der Waals surface area contributed by atoms with Crippen LogP contribution in [0.25, 0.3) is 5.65 Å². The molecular formula is C14H21N5O. The highest BCUT2D eigenvalue weighted by atomic mass is 16.3. The third-order valence-electron chi connectivity index (χ3n) is 4.06. The largest absolute Gasteiger partial charge is 0.394 e. The Morgan fingerprint density at radius 1 is 1.50 bits per heavy atom. The van der Waals surface area contributed by atoms with E-state index in [0.717, 1.165) is 36.8 Å². The van der Waals surface area contributed by atoms with Crippen molar-refractivity contribution in [2.75, 3.05) is 29.9 Å². The van der Waals surface area contributed by atoms with Gasteiger partial charge in [-0.15, -0.1) is 0 Å². The molecule has 2 N–H and O–H groups in total. The molecule has 20 heavy (non-hydrogen) atoms. The Morgan fingerprint density at radius 2 is 2.35 bits per heavy atom. The van der Waals surface area contributed by atoms with Crippen LogP contribution in [0.5, 0.6) is 0 Å². The van der Waals surface area contributed by atoms with Crippen molar-refractivity contribution in [1.29, 1.82) is 0 Å². The second kappa shape index (κ2) is 5.28. The predicted molar refractivity (Wildman–Crippen MR) is 79.2 cm³/mol. The third-order valence-corrected chi connectivity index (χ3v) is 4.06. The number of hydrogen-bond donors (Lipinski definition) is 2. The van der Waals surface area contributed by atoms with E-state index in [-0.39, 0.29) is 12.6 Å². The molecule has 2 unspecified atom stereocenters. The molecule has 3 rings (SSSR count). The van der Waals surface area contributed by atoms with Gasteiger partial charge in [0.15, 0.2) is 11.5 Å². The normalized spacial score (nSPS) is 22.6. The Kier molecular flexibility index (Phi) is 3.48. The van der Waals surface area contributed by atoms with Crippen molar-refractivity contribution in [1.82, 2.24) is 14.4 Å². The average molecular weight is 275 g/mol. The molecule has 3 heterocycles. The lowest BCUT2D eigenvalue weighted by atomic mass is 10.0. The van der Waals surface area contributed by atoms with Gasteiger partial charge in [0.05, 0.1) is 18.8 Å². The lowest BCUT2D eigenvalue weighted by Gasteiger charge is -2.26. The summed E-state index contributed by atoms with van der Waals surface area (Å²) in [6, 6.07) is 0.125. The topological polar surface area (TPSA) is 65.7 Å². The van der Waals surface area contributed by atoms with Crippen molar-refractivity contribution < 1.29 is 5.11 Å². The van der Waals surface area contributed by atoms with Gasteiger partial charge in [-0.05, 0) is 19.3 Å². The standard InChI is InChI=1S/C14H21N5O/c1-3-15-12-8-18-7-5-16-13(18)14(17-12)19-6-4-10(2)11(19)9-20/h5,7-8,10-11,15,20H,3-4,6,9H2,1-2H3. The highest BCUT2D eigenvalue weighted by Gasteiger charge is 2.33. The number of nitrogens with one attached hydrogen (secondary N) is 1. The van der Waals surface area contributed by atoms with E-state index in [1.54, 1.807) is 6.20 Å². The second-order valence-corrected chi connectivity index (χ2v) is 5.35. The molecule has 0 bridgehead atoms. The summed E-state index contributed by atoms with van der Waals surface area (Å²) in [7, 11) is 0. The van der Waals surface area contributed by atoms with Crippen LogP contribution in [-0.4, -0.2) is 45.2 Å². The van der Waals surface area contributed by atoms with Crippen LogP contribution < -0.4 is 10.2 Å². The Hall–Kier alpha value is -1.82. The van der Waals surface area contributed by atoms with Crippen molar-refractivity contribution in [3.8, 4) is 0 Å². The molecule has 1 aliphatic heterocycles. The molecular weight excluding hydrogens is 254 g/mol. The fourth-order valence-electron chi connectivity index (χ4n) is 2.92. The predicted octanol–water partition coefficient (Wildman–Crippen LogP) is 1.37. The number of rotatable bonds is 4. The van der Waals surface area contributed by atoms with E-state index in [2.05, 4.69) is 22.1 Å². The Bertz CT molecular complexity index is 596. The second-order valence-electron chi connectivity index (χ2n) is 5.35. The minimum Gasteiger partial charge on any atom is -0.394 e. The number of aliphatic hydroxyl groups excluding tert-OH is 1. The SMILES string of the molecule is CCNc1cn2ccnc2c(N2CCC(C)C2CO)n1. The van der Waals surface area contributed by atoms with Gasteiger partial charge in [-0.2, -0.15) is 0 Å². The van der Waals surface area contributed by atoms with E-state index < -0.39 is 0 Å². The summed E-state index contributed by atoms with van der Waals surface area (Å²) in [5.74, 6) is 2.17. The van der Waals surface area contributed by atoms with Gasteiger partial charge in [0.25, 0.3) is 0 Å². The molecule has 2 atom stereocenters. The maximum absolute atomic E-state index is 9.65. The van der Waals surface area contributed by atoms with E-state index >= 15 is 0 Å². The minimum atomic E-state index is 0.125. The van der Waals surface area contributed by atoms with Gasteiger partial charge >= 0.3 is 0 Å². The van der Waals surface area contributed by atoms with Crippen LogP contribution in [0, 0.1) is 5.92 Å². The van der Waals surface area contributed by atoms with Crippen molar-refractivity contribution in [3.05, 3.63) is 18.6 Å². The summed E-state index contributed by atoms with van der Waals surface area (Å²) in [5.41, 5.74) is 0.846. The van der Waals surface area contributed by atoms with E-state index in [4.69, 9.17) is 4.98 Å². The summed E-state index contributed by atoms with van der Waals surface area (Å²) in [6.07, 6.45) is 6.73. The van der Waals surface area contributed by atoms with Crippen molar-refractivity contribution in [3.63, 3.8) is 0 Å². The van der Waals surface area contributed by atoms with Crippen LogP contribution in [0.1, 0.15) is 20.3 Å². The number of fused-ring (bicyclic) bond motifs is 1. The smallest absolute Gasteiger partial charge is 0.180 e. The Labute approximate surface area is 118 Å². The van der Waals surface area contributed by atoms with Crippen molar-refractivity contribution >= 4 is 17.3 Å². The first-order valence-electron chi connectivity index (χ1n) is 7.19. The molecule has 2 aromatic heterocycles. The van der Waals surface area contributed by atoms with Crippen molar-refractivity contribution in [2.45, 2.75) is 26.3 Å². The molecule has 1 aliphatic rings. The minimum absolute atomic E-state index is 0.125. The number of anilines is 2. The van der Waals surface area contributed by atoms with Gasteiger partial charge < -0.3 is 19.7 Å². The van der Waals surface area contributed by atoms with E-state index in [1.807, 2.05) is 23.7 Å². The van der Waals surface area contributed by atoms with Gasteiger partial charge in [-0.1, -0.05) is 6.92 Å². The van der Waals surface area contributed by atoms with Gasteiger partial charge in [0.1, 0.15) is 5.82 Å². The van der Waals surface area contributed by atoms with Crippen LogP contribution in [0.3, 0.4) is 0 Å². The fourth-order valence-corrected chi connectivity index (χ4v) is 2.92. The number of imidazole rings is 1. The summed E-state index contributed by atoms with van der Waals surface area (Å²) in [5, 5.41) is 12.9.